The van der Waals surface area contributed by atoms with Crippen molar-refractivity contribution >= 4 is 44.2 Å². The fraction of sp³-hybridized carbons (Fsp3) is 0. The average molecular weight is 364 g/mol. The molecule has 0 atom stereocenters. The van der Waals surface area contributed by atoms with Crippen LogP contribution in [0.1, 0.15) is 0 Å². The molecule has 7 heteroatoms. The van der Waals surface area contributed by atoms with E-state index >= 15 is 0 Å². The monoisotopic (exact) mass is 363 g/mol. The molecule has 0 saturated carbocycles. The Labute approximate surface area is 151 Å². The van der Waals surface area contributed by atoms with Gasteiger partial charge in [-0.25, -0.2) is 9.97 Å². The van der Waals surface area contributed by atoms with Crippen LogP contribution in [0.4, 0.5) is 0 Å². The zero-order valence-corrected chi connectivity index (χ0v) is 14.4. The maximum atomic E-state index is 6.02. The lowest BCUT2D eigenvalue weighted by Gasteiger charge is -2.06. The van der Waals surface area contributed by atoms with Gasteiger partial charge in [-0.15, -0.1) is 16.4 Å². The molecule has 0 aliphatic carbocycles. The van der Waals surface area contributed by atoms with Crippen LogP contribution in [0.25, 0.3) is 38.2 Å². The van der Waals surface area contributed by atoms with Crippen molar-refractivity contribution in [3.63, 3.8) is 0 Å². The van der Waals surface area contributed by atoms with Gasteiger partial charge in [-0.3, -0.25) is 0 Å². The highest BCUT2D eigenvalue weighted by Gasteiger charge is 2.17. The summed E-state index contributed by atoms with van der Waals surface area (Å²) >= 11 is 7.61. The van der Waals surface area contributed by atoms with Crippen molar-refractivity contribution in [2.45, 2.75) is 0 Å². The molecule has 25 heavy (non-hydrogen) atoms. The number of fused-ring (bicyclic) bond motifs is 2. The highest BCUT2D eigenvalue weighted by atomic mass is 35.5. The number of hydrogen-bond donors (Lipinski definition) is 0. The molecule has 0 bridgehead atoms. The fourth-order valence-corrected chi connectivity index (χ4v) is 3.92. The number of thiophene rings is 1. The van der Waals surface area contributed by atoms with E-state index in [1.165, 1.54) is 0 Å². The third-order valence-corrected chi connectivity index (χ3v) is 5.20. The van der Waals surface area contributed by atoms with Crippen molar-refractivity contribution in [1.29, 1.82) is 0 Å². The Bertz CT molecular complexity index is 1210. The van der Waals surface area contributed by atoms with E-state index in [2.05, 4.69) is 25.7 Å². The molecule has 5 aromatic rings. The van der Waals surface area contributed by atoms with Gasteiger partial charge in [-0.1, -0.05) is 41.1 Å². The molecular formula is C18H10ClN5S. The minimum Gasteiger partial charge on any atom is -0.225 e. The lowest BCUT2D eigenvalue weighted by molar-refractivity contribution is 0.805. The van der Waals surface area contributed by atoms with Crippen LogP contribution in [-0.2, 0) is 0 Å². The lowest BCUT2D eigenvalue weighted by Crippen LogP contribution is -2.01. The van der Waals surface area contributed by atoms with Gasteiger partial charge in [-0.2, -0.15) is 4.68 Å². The van der Waals surface area contributed by atoms with Crippen molar-refractivity contribution in [3.8, 4) is 16.9 Å². The second-order valence-electron chi connectivity index (χ2n) is 5.52. The molecule has 2 aromatic carbocycles. The first kappa shape index (κ1) is 14.5. The molecule has 0 fully saturated rings. The first-order valence-corrected chi connectivity index (χ1v) is 8.86. The van der Waals surface area contributed by atoms with Crippen molar-refractivity contribution in [2.24, 2.45) is 0 Å². The summed E-state index contributed by atoms with van der Waals surface area (Å²) in [6.45, 7) is 0. The lowest BCUT2D eigenvalue weighted by atomic mass is 10.1. The standard InChI is InChI=1S/C18H10ClN5S/c19-12-7-5-11(6-8-12)13-9-25-18-16(13)17(20-10-21-18)24-15-4-2-1-3-14(15)22-23-24/h1-10H. The molecule has 0 aliphatic heterocycles. The second kappa shape index (κ2) is 5.61. The molecular weight excluding hydrogens is 354 g/mol. The number of para-hydroxylation sites is 1. The first-order chi connectivity index (χ1) is 12.3. The van der Waals surface area contributed by atoms with Crippen LogP contribution in [0, 0.1) is 0 Å². The van der Waals surface area contributed by atoms with Gasteiger partial charge in [0, 0.05) is 16.0 Å². The van der Waals surface area contributed by atoms with Crippen molar-refractivity contribution < 1.29 is 0 Å². The summed E-state index contributed by atoms with van der Waals surface area (Å²) in [4.78, 5) is 9.83. The Kier molecular flexibility index (Phi) is 3.26. The van der Waals surface area contributed by atoms with Gasteiger partial charge in [0.25, 0.3) is 0 Å². The van der Waals surface area contributed by atoms with E-state index in [9.17, 15) is 0 Å². The molecule has 5 rings (SSSR count). The maximum absolute atomic E-state index is 6.02. The molecule has 120 valence electrons. The van der Waals surface area contributed by atoms with Crippen LogP contribution < -0.4 is 0 Å². The Morgan fingerprint density at radius 3 is 2.68 bits per heavy atom. The summed E-state index contributed by atoms with van der Waals surface area (Å²) in [6.07, 6.45) is 1.57. The smallest absolute Gasteiger partial charge is 0.168 e. The van der Waals surface area contributed by atoms with Crippen LogP contribution in [0.15, 0.2) is 60.2 Å². The van der Waals surface area contributed by atoms with Gasteiger partial charge < -0.3 is 0 Å². The molecule has 5 nitrogen and oxygen atoms in total. The molecule has 0 radical (unpaired) electrons. The number of aromatic nitrogens is 5. The summed E-state index contributed by atoms with van der Waals surface area (Å²) in [7, 11) is 0. The van der Waals surface area contributed by atoms with Crippen molar-refractivity contribution in [3.05, 3.63) is 65.3 Å². The maximum Gasteiger partial charge on any atom is 0.168 e. The van der Waals surface area contributed by atoms with Crippen LogP contribution in [0.3, 0.4) is 0 Å². The number of halogens is 1. The van der Waals surface area contributed by atoms with Gasteiger partial charge >= 0.3 is 0 Å². The van der Waals surface area contributed by atoms with Gasteiger partial charge in [0.05, 0.1) is 10.9 Å². The summed E-state index contributed by atoms with van der Waals surface area (Å²) < 4.78 is 1.77. The Hall–Kier alpha value is -2.83. The Balaban J connectivity index is 1.82. The van der Waals surface area contributed by atoms with E-state index in [1.54, 1.807) is 22.3 Å². The second-order valence-corrected chi connectivity index (χ2v) is 6.82. The molecule has 0 spiro atoms. The predicted molar refractivity (Wildman–Crippen MR) is 100 cm³/mol. The van der Waals surface area contributed by atoms with Crippen molar-refractivity contribution in [1.82, 2.24) is 25.0 Å². The number of benzene rings is 2. The highest BCUT2D eigenvalue weighted by molar-refractivity contribution is 7.17. The zero-order valence-electron chi connectivity index (χ0n) is 12.8. The minimum atomic E-state index is 0.710. The van der Waals surface area contributed by atoms with Gasteiger partial charge in [0.1, 0.15) is 16.7 Å². The van der Waals surface area contributed by atoms with Crippen LogP contribution in [0.5, 0.6) is 0 Å². The molecule has 0 aliphatic rings. The number of hydrogen-bond acceptors (Lipinski definition) is 5. The van der Waals surface area contributed by atoms with Crippen LogP contribution in [-0.4, -0.2) is 25.0 Å². The number of nitrogens with zero attached hydrogens (tertiary/aromatic N) is 5. The van der Waals surface area contributed by atoms with E-state index in [4.69, 9.17) is 11.6 Å². The van der Waals surface area contributed by atoms with Gasteiger partial charge in [-0.05, 0) is 29.8 Å². The normalized spacial score (nSPS) is 11.4. The first-order valence-electron chi connectivity index (χ1n) is 7.60. The van der Waals surface area contributed by atoms with E-state index in [0.717, 1.165) is 38.2 Å². The van der Waals surface area contributed by atoms with Crippen LogP contribution >= 0.6 is 22.9 Å². The average Bonchev–Trinajstić information content (AvgIpc) is 3.26. The SMILES string of the molecule is Clc1ccc(-c2csc3ncnc(-n4nnc5ccccc54)c23)cc1. The summed E-state index contributed by atoms with van der Waals surface area (Å²) in [5.41, 5.74) is 3.87. The minimum absolute atomic E-state index is 0.710. The fourth-order valence-electron chi connectivity index (χ4n) is 2.89. The Morgan fingerprint density at radius 1 is 0.960 bits per heavy atom. The molecule has 0 saturated heterocycles. The predicted octanol–water partition coefficient (Wildman–Crippen LogP) is 4.75. The summed E-state index contributed by atoms with van der Waals surface area (Å²) in [5, 5.41) is 12.3. The van der Waals surface area contributed by atoms with Gasteiger partial charge in [0.15, 0.2) is 5.82 Å². The van der Waals surface area contributed by atoms with Gasteiger partial charge in [0.2, 0.25) is 0 Å². The highest BCUT2D eigenvalue weighted by Crippen LogP contribution is 2.36. The third kappa shape index (κ3) is 2.30. The Morgan fingerprint density at radius 2 is 1.80 bits per heavy atom. The quantitative estimate of drug-likeness (QED) is 0.454. The van der Waals surface area contributed by atoms with Crippen molar-refractivity contribution in [2.75, 3.05) is 0 Å². The zero-order chi connectivity index (χ0) is 16.8. The molecule has 0 N–H and O–H groups in total. The summed E-state index contributed by atoms with van der Waals surface area (Å²) in [6, 6.07) is 15.6. The van der Waals surface area contributed by atoms with E-state index < -0.39 is 0 Å². The van der Waals surface area contributed by atoms with Crippen LogP contribution in [0.2, 0.25) is 5.02 Å². The topological polar surface area (TPSA) is 56.5 Å². The largest absolute Gasteiger partial charge is 0.225 e. The third-order valence-electron chi connectivity index (χ3n) is 4.06. The molecule has 0 amide bonds. The van der Waals surface area contributed by atoms with E-state index in [0.29, 0.717) is 5.02 Å². The van der Waals surface area contributed by atoms with E-state index in [-0.39, 0.29) is 0 Å². The summed E-state index contributed by atoms with van der Waals surface area (Å²) in [5.74, 6) is 0.727. The molecule has 0 unspecified atom stereocenters. The number of rotatable bonds is 2. The molecule has 3 heterocycles. The molecule has 3 aromatic heterocycles. The van der Waals surface area contributed by atoms with E-state index in [1.807, 2.05) is 48.5 Å².